The number of allylic oxidation sites excluding steroid dienone is 1. The molecule has 0 unspecified atom stereocenters. The normalized spacial score (nSPS) is 12.6. The molecule has 1 heterocycles. The molecule has 1 aliphatic rings. The Balaban J connectivity index is 1.82. The summed E-state index contributed by atoms with van der Waals surface area (Å²) in [7, 11) is 1.42. The van der Waals surface area contributed by atoms with Gasteiger partial charge in [0.15, 0.2) is 23.0 Å². The fourth-order valence-corrected chi connectivity index (χ4v) is 2.33. The number of hydrogen-bond donors (Lipinski definition) is 0. The number of methoxy groups -OCH3 is 1. The van der Waals surface area contributed by atoms with E-state index in [0.29, 0.717) is 22.6 Å². The van der Waals surface area contributed by atoms with Crippen molar-refractivity contribution in [1.82, 2.24) is 0 Å². The van der Waals surface area contributed by atoms with Gasteiger partial charge in [0.2, 0.25) is 12.5 Å². The highest BCUT2D eigenvalue weighted by Crippen LogP contribution is 2.34. The van der Waals surface area contributed by atoms with Gasteiger partial charge in [-0.15, -0.1) is 0 Å². The second kappa shape index (κ2) is 7.14. The van der Waals surface area contributed by atoms with Gasteiger partial charge in [-0.3, -0.25) is 10.1 Å². The second-order valence-electron chi connectivity index (χ2n) is 5.41. The molecule has 1 aliphatic heterocycles. The van der Waals surface area contributed by atoms with E-state index in [1.165, 1.54) is 32.2 Å². The number of ether oxygens (including phenoxy) is 4. The number of rotatable bonds is 5. The van der Waals surface area contributed by atoms with Crippen LogP contribution in [-0.4, -0.2) is 24.8 Å². The van der Waals surface area contributed by atoms with Crippen molar-refractivity contribution >= 4 is 12.0 Å². The van der Waals surface area contributed by atoms with Gasteiger partial charge in [-0.05, 0) is 35.9 Å². The van der Waals surface area contributed by atoms with Crippen molar-refractivity contribution in [2.75, 3.05) is 13.9 Å². The first-order valence-electron chi connectivity index (χ1n) is 7.60. The van der Waals surface area contributed by atoms with Gasteiger partial charge in [-0.1, -0.05) is 6.07 Å². The second-order valence-corrected chi connectivity index (χ2v) is 5.41. The first-order valence-corrected chi connectivity index (χ1v) is 7.60. The van der Waals surface area contributed by atoms with Crippen LogP contribution in [0.4, 0.5) is 0 Å². The van der Waals surface area contributed by atoms with Crippen LogP contribution in [0.25, 0.3) is 6.08 Å². The number of hydrogen-bond acceptors (Lipinski definition) is 7. The van der Waals surface area contributed by atoms with Crippen LogP contribution in [0.3, 0.4) is 0 Å². The van der Waals surface area contributed by atoms with E-state index in [1.54, 1.807) is 24.3 Å². The highest BCUT2D eigenvalue weighted by molar-refractivity contribution is 5.92. The Hall–Kier alpha value is -3.55. The molecule has 0 aliphatic carbocycles. The molecule has 0 radical (unpaired) electrons. The predicted octanol–water partition coefficient (Wildman–Crippen LogP) is 3.28. The van der Waals surface area contributed by atoms with Gasteiger partial charge < -0.3 is 18.9 Å². The zero-order valence-corrected chi connectivity index (χ0v) is 14.1. The third kappa shape index (κ3) is 3.59. The molecule has 2 aromatic carbocycles. The Labute approximate surface area is 148 Å². The Morgan fingerprint density at radius 2 is 1.92 bits per heavy atom. The maximum absolute atomic E-state index is 12.4. The van der Waals surface area contributed by atoms with Crippen molar-refractivity contribution in [3.05, 3.63) is 63.3 Å². The van der Waals surface area contributed by atoms with Crippen LogP contribution in [0.1, 0.15) is 22.8 Å². The molecule has 0 atom stereocenters. The van der Waals surface area contributed by atoms with Crippen molar-refractivity contribution in [3.63, 3.8) is 0 Å². The summed E-state index contributed by atoms with van der Waals surface area (Å²) < 4.78 is 21.0. The van der Waals surface area contributed by atoms with Crippen molar-refractivity contribution in [1.29, 1.82) is 0 Å². The molecule has 0 saturated heterocycles. The van der Waals surface area contributed by atoms with Gasteiger partial charge in [-0.25, -0.2) is 4.79 Å². The summed E-state index contributed by atoms with van der Waals surface area (Å²) in [6.45, 7) is 1.50. The lowest BCUT2D eigenvalue weighted by atomic mass is 10.1. The van der Waals surface area contributed by atoms with Crippen LogP contribution < -0.4 is 18.9 Å². The van der Waals surface area contributed by atoms with Crippen LogP contribution in [0.15, 0.2) is 42.1 Å². The molecular formula is C18H15NO7. The summed E-state index contributed by atoms with van der Waals surface area (Å²) >= 11 is 0. The molecular weight excluding hydrogens is 342 g/mol. The van der Waals surface area contributed by atoms with Crippen LogP contribution in [0, 0.1) is 10.1 Å². The Morgan fingerprint density at radius 1 is 1.15 bits per heavy atom. The van der Waals surface area contributed by atoms with Gasteiger partial charge in [0.05, 0.1) is 17.6 Å². The molecule has 3 rings (SSSR count). The largest absolute Gasteiger partial charge is 0.493 e. The molecule has 0 bridgehead atoms. The fourth-order valence-electron chi connectivity index (χ4n) is 2.33. The van der Waals surface area contributed by atoms with E-state index >= 15 is 0 Å². The van der Waals surface area contributed by atoms with E-state index in [-0.39, 0.29) is 24.0 Å². The number of nitro groups is 1. The van der Waals surface area contributed by atoms with E-state index in [1.807, 2.05) is 0 Å². The molecule has 0 N–H and O–H groups in total. The highest BCUT2D eigenvalue weighted by atomic mass is 16.7. The van der Waals surface area contributed by atoms with Crippen molar-refractivity contribution in [2.24, 2.45) is 0 Å². The fraction of sp³-hybridized carbons (Fsp3) is 0.167. The van der Waals surface area contributed by atoms with E-state index in [9.17, 15) is 14.9 Å². The topological polar surface area (TPSA) is 97.1 Å². The summed E-state index contributed by atoms with van der Waals surface area (Å²) in [4.78, 5) is 22.6. The maximum atomic E-state index is 12.4. The maximum Gasteiger partial charge on any atom is 0.343 e. The molecule has 134 valence electrons. The standard InChI is InChI=1S/C18H15NO7/c1-11(19(21)22)7-12-3-5-15(16(8-12)23-2)26-18(20)13-4-6-14-17(9-13)25-10-24-14/h3-9H,10H2,1-2H3/b11-7-. The highest BCUT2D eigenvalue weighted by Gasteiger charge is 2.18. The SMILES string of the molecule is COc1cc(/C=C(/C)[N+](=O)[O-])ccc1OC(=O)c1ccc2c(c1)OCO2. The lowest BCUT2D eigenvalue weighted by Gasteiger charge is -2.10. The molecule has 0 aromatic heterocycles. The van der Waals surface area contributed by atoms with Crippen molar-refractivity contribution in [2.45, 2.75) is 6.92 Å². The van der Waals surface area contributed by atoms with E-state index < -0.39 is 10.9 Å². The number of carbonyl (C=O) groups excluding carboxylic acids is 1. The van der Waals surface area contributed by atoms with Gasteiger partial charge in [0.1, 0.15) is 0 Å². The summed E-state index contributed by atoms with van der Waals surface area (Å²) in [5.74, 6) is 0.931. The lowest BCUT2D eigenvalue weighted by molar-refractivity contribution is -0.422. The number of esters is 1. The average molecular weight is 357 g/mol. The number of carbonyl (C=O) groups is 1. The predicted molar refractivity (Wildman–Crippen MR) is 91.2 cm³/mol. The van der Waals surface area contributed by atoms with Gasteiger partial charge in [0, 0.05) is 13.0 Å². The summed E-state index contributed by atoms with van der Waals surface area (Å²) in [6, 6.07) is 9.40. The molecule has 0 spiro atoms. The quantitative estimate of drug-likeness (QED) is 0.350. The molecule has 2 aromatic rings. The number of benzene rings is 2. The van der Waals surface area contributed by atoms with Gasteiger partial charge >= 0.3 is 5.97 Å². The zero-order chi connectivity index (χ0) is 18.7. The minimum Gasteiger partial charge on any atom is -0.493 e. The molecule has 0 saturated carbocycles. The number of nitrogens with zero attached hydrogens (tertiary/aromatic N) is 1. The smallest absolute Gasteiger partial charge is 0.343 e. The minimum absolute atomic E-state index is 0.0165. The Bertz CT molecular complexity index is 904. The van der Waals surface area contributed by atoms with Crippen LogP contribution in [0.2, 0.25) is 0 Å². The number of fused-ring (bicyclic) bond motifs is 1. The first kappa shape index (κ1) is 17.3. The monoisotopic (exact) mass is 357 g/mol. The molecule has 8 heteroatoms. The third-order valence-corrected chi connectivity index (χ3v) is 3.66. The molecule has 0 fully saturated rings. The molecule has 26 heavy (non-hydrogen) atoms. The Kier molecular flexibility index (Phi) is 4.74. The minimum atomic E-state index is -0.591. The van der Waals surface area contributed by atoms with Gasteiger partial charge in [-0.2, -0.15) is 0 Å². The summed E-state index contributed by atoms with van der Waals surface area (Å²) in [5, 5.41) is 10.7. The summed E-state index contributed by atoms with van der Waals surface area (Å²) in [6.07, 6.45) is 1.39. The summed E-state index contributed by atoms with van der Waals surface area (Å²) in [5.41, 5.74) is 0.834. The van der Waals surface area contributed by atoms with Crippen molar-refractivity contribution < 1.29 is 28.7 Å². The van der Waals surface area contributed by atoms with E-state index in [0.717, 1.165) is 0 Å². The van der Waals surface area contributed by atoms with Gasteiger partial charge in [0.25, 0.3) is 0 Å². The zero-order valence-electron chi connectivity index (χ0n) is 14.1. The van der Waals surface area contributed by atoms with Crippen LogP contribution >= 0.6 is 0 Å². The van der Waals surface area contributed by atoms with Crippen LogP contribution in [-0.2, 0) is 0 Å². The van der Waals surface area contributed by atoms with E-state index in [2.05, 4.69) is 0 Å². The lowest BCUT2D eigenvalue weighted by Crippen LogP contribution is -2.09. The first-order chi connectivity index (χ1) is 12.5. The Morgan fingerprint density at radius 3 is 2.65 bits per heavy atom. The molecule has 8 nitrogen and oxygen atoms in total. The van der Waals surface area contributed by atoms with E-state index in [4.69, 9.17) is 18.9 Å². The molecule has 0 amide bonds. The average Bonchev–Trinajstić information content (AvgIpc) is 3.10. The van der Waals surface area contributed by atoms with Crippen molar-refractivity contribution in [3.8, 4) is 23.0 Å². The third-order valence-electron chi connectivity index (χ3n) is 3.66. The van der Waals surface area contributed by atoms with Crippen LogP contribution in [0.5, 0.6) is 23.0 Å².